The van der Waals surface area contributed by atoms with E-state index < -0.39 is 0 Å². The molecule has 1 aliphatic rings. The van der Waals surface area contributed by atoms with E-state index in [1.165, 1.54) is 0 Å². The van der Waals surface area contributed by atoms with Crippen molar-refractivity contribution in [3.05, 3.63) is 12.4 Å². The predicted octanol–water partition coefficient (Wildman–Crippen LogP) is 1.89. The maximum absolute atomic E-state index is 5.42. The number of hydrogen-bond donors (Lipinski definition) is 2. The molecule has 1 aromatic rings. The van der Waals surface area contributed by atoms with Crippen molar-refractivity contribution in [1.29, 1.82) is 0 Å². The van der Waals surface area contributed by atoms with Crippen molar-refractivity contribution in [2.45, 2.75) is 32.2 Å². The van der Waals surface area contributed by atoms with Crippen LogP contribution in [0.2, 0.25) is 0 Å². The van der Waals surface area contributed by atoms with Crippen LogP contribution in [0.4, 0.5) is 11.6 Å². The zero-order chi connectivity index (χ0) is 11.9. The fourth-order valence-electron chi connectivity index (χ4n) is 1.84. The van der Waals surface area contributed by atoms with Gasteiger partial charge in [0.2, 0.25) is 0 Å². The molecular formula is C12H20N4O. The highest BCUT2D eigenvalue weighted by molar-refractivity contribution is 5.42. The van der Waals surface area contributed by atoms with Gasteiger partial charge in [-0.1, -0.05) is 6.92 Å². The normalized spacial score (nSPS) is 19.9. The molecule has 94 valence electrons. The number of nitrogens with zero attached hydrogens (tertiary/aromatic N) is 2. The summed E-state index contributed by atoms with van der Waals surface area (Å²) in [5.74, 6) is 1.65. The Morgan fingerprint density at radius 1 is 1.41 bits per heavy atom. The van der Waals surface area contributed by atoms with E-state index in [0.29, 0.717) is 6.04 Å². The molecule has 0 saturated carbocycles. The van der Waals surface area contributed by atoms with Gasteiger partial charge < -0.3 is 15.4 Å². The van der Waals surface area contributed by atoms with Crippen molar-refractivity contribution in [3.63, 3.8) is 0 Å². The first-order chi connectivity index (χ1) is 8.38. The smallest absolute Gasteiger partial charge is 0.147 e. The maximum Gasteiger partial charge on any atom is 0.147 e. The Labute approximate surface area is 102 Å². The van der Waals surface area contributed by atoms with Crippen molar-refractivity contribution in [1.82, 2.24) is 9.97 Å². The van der Waals surface area contributed by atoms with Gasteiger partial charge in [-0.05, 0) is 19.3 Å². The fraction of sp³-hybridized carbons (Fsp3) is 0.667. The van der Waals surface area contributed by atoms with Crippen LogP contribution in [0.5, 0.6) is 0 Å². The van der Waals surface area contributed by atoms with E-state index in [1.807, 2.05) is 0 Å². The minimum Gasteiger partial charge on any atom is -0.379 e. The number of nitrogens with one attached hydrogen (secondary N) is 2. The van der Waals surface area contributed by atoms with Gasteiger partial charge in [-0.15, -0.1) is 0 Å². The molecule has 5 nitrogen and oxygen atoms in total. The summed E-state index contributed by atoms with van der Waals surface area (Å²) in [5, 5.41) is 6.59. The van der Waals surface area contributed by atoms with Crippen LogP contribution in [0.1, 0.15) is 26.2 Å². The van der Waals surface area contributed by atoms with Crippen LogP contribution < -0.4 is 10.6 Å². The van der Waals surface area contributed by atoms with Crippen LogP contribution in [0, 0.1) is 0 Å². The third kappa shape index (κ3) is 3.85. The van der Waals surface area contributed by atoms with Gasteiger partial charge in [-0.25, -0.2) is 4.98 Å². The summed E-state index contributed by atoms with van der Waals surface area (Å²) < 4.78 is 5.42. The highest BCUT2D eigenvalue weighted by Gasteiger charge is 2.13. The zero-order valence-electron chi connectivity index (χ0n) is 10.3. The molecule has 1 aliphatic heterocycles. The van der Waals surface area contributed by atoms with E-state index >= 15 is 0 Å². The van der Waals surface area contributed by atoms with E-state index in [-0.39, 0.29) is 0 Å². The average molecular weight is 236 g/mol. The second-order valence-corrected chi connectivity index (χ2v) is 4.27. The Morgan fingerprint density at radius 3 is 3.06 bits per heavy atom. The van der Waals surface area contributed by atoms with Crippen molar-refractivity contribution < 1.29 is 4.74 Å². The summed E-state index contributed by atoms with van der Waals surface area (Å²) in [6, 6.07) is 0.361. The summed E-state index contributed by atoms with van der Waals surface area (Å²) in [6.45, 7) is 4.68. The Hall–Kier alpha value is -1.36. The molecule has 0 amide bonds. The van der Waals surface area contributed by atoms with Crippen LogP contribution in [-0.4, -0.2) is 35.8 Å². The highest BCUT2D eigenvalue weighted by atomic mass is 16.5. The van der Waals surface area contributed by atoms with Gasteiger partial charge in [0.25, 0.3) is 0 Å². The van der Waals surface area contributed by atoms with E-state index in [0.717, 1.165) is 50.7 Å². The van der Waals surface area contributed by atoms with Crippen molar-refractivity contribution >= 4 is 11.6 Å². The molecule has 2 rings (SSSR count). The van der Waals surface area contributed by atoms with Gasteiger partial charge >= 0.3 is 0 Å². The maximum atomic E-state index is 5.42. The Balaban J connectivity index is 1.90. The van der Waals surface area contributed by atoms with E-state index in [4.69, 9.17) is 4.74 Å². The topological polar surface area (TPSA) is 59.1 Å². The molecule has 5 heteroatoms. The summed E-state index contributed by atoms with van der Waals surface area (Å²) >= 11 is 0. The van der Waals surface area contributed by atoms with E-state index in [2.05, 4.69) is 27.5 Å². The Bertz CT molecular complexity index is 339. The SMILES string of the molecule is CCCNc1cncc(NC2CCCOC2)n1. The van der Waals surface area contributed by atoms with Crippen molar-refractivity contribution in [3.8, 4) is 0 Å². The standard InChI is InChI=1S/C12H20N4O/c1-2-5-14-11-7-13-8-12(16-11)15-10-4-3-6-17-9-10/h7-8,10H,2-6,9H2,1H3,(H2,14,15,16). The summed E-state index contributed by atoms with van der Waals surface area (Å²) in [6.07, 6.45) is 6.83. The van der Waals surface area contributed by atoms with Crippen LogP contribution in [0.3, 0.4) is 0 Å². The van der Waals surface area contributed by atoms with Gasteiger partial charge in [0.05, 0.1) is 25.0 Å². The van der Waals surface area contributed by atoms with Crippen LogP contribution >= 0.6 is 0 Å². The van der Waals surface area contributed by atoms with Gasteiger partial charge in [-0.2, -0.15) is 0 Å². The quantitative estimate of drug-likeness (QED) is 0.817. The van der Waals surface area contributed by atoms with Crippen LogP contribution in [0.25, 0.3) is 0 Å². The molecule has 1 fully saturated rings. The molecule has 1 saturated heterocycles. The molecule has 2 N–H and O–H groups in total. The minimum absolute atomic E-state index is 0.361. The molecule has 2 heterocycles. The summed E-state index contributed by atoms with van der Waals surface area (Å²) in [4.78, 5) is 8.64. The van der Waals surface area contributed by atoms with Gasteiger partial charge in [-0.3, -0.25) is 4.98 Å². The first-order valence-corrected chi connectivity index (χ1v) is 6.28. The second kappa shape index (κ2) is 6.39. The molecule has 0 aliphatic carbocycles. The molecular weight excluding hydrogens is 216 g/mol. The lowest BCUT2D eigenvalue weighted by atomic mass is 10.1. The van der Waals surface area contributed by atoms with Crippen molar-refractivity contribution in [2.24, 2.45) is 0 Å². The molecule has 0 bridgehead atoms. The monoisotopic (exact) mass is 236 g/mol. The largest absolute Gasteiger partial charge is 0.379 e. The fourth-order valence-corrected chi connectivity index (χ4v) is 1.84. The van der Waals surface area contributed by atoms with Gasteiger partial charge in [0, 0.05) is 13.2 Å². The summed E-state index contributed by atoms with van der Waals surface area (Å²) in [5.41, 5.74) is 0. The Kier molecular flexibility index (Phi) is 4.55. The van der Waals surface area contributed by atoms with Gasteiger partial charge in [0.1, 0.15) is 11.6 Å². The third-order valence-corrected chi connectivity index (χ3v) is 2.70. The average Bonchev–Trinajstić information content (AvgIpc) is 2.38. The van der Waals surface area contributed by atoms with Crippen molar-refractivity contribution in [2.75, 3.05) is 30.4 Å². The molecule has 0 radical (unpaired) electrons. The Morgan fingerprint density at radius 2 is 2.29 bits per heavy atom. The molecule has 1 atom stereocenters. The molecule has 0 aromatic carbocycles. The van der Waals surface area contributed by atoms with E-state index in [9.17, 15) is 0 Å². The number of ether oxygens (including phenoxy) is 1. The van der Waals surface area contributed by atoms with Crippen LogP contribution in [-0.2, 0) is 4.74 Å². The van der Waals surface area contributed by atoms with Gasteiger partial charge in [0.15, 0.2) is 0 Å². The molecule has 1 unspecified atom stereocenters. The number of anilines is 2. The van der Waals surface area contributed by atoms with E-state index in [1.54, 1.807) is 12.4 Å². The summed E-state index contributed by atoms with van der Waals surface area (Å²) in [7, 11) is 0. The molecule has 0 spiro atoms. The molecule has 17 heavy (non-hydrogen) atoms. The first kappa shape index (κ1) is 12.1. The predicted molar refractivity (Wildman–Crippen MR) is 68.3 cm³/mol. The zero-order valence-corrected chi connectivity index (χ0v) is 10.3. The lowest BCUT2D eigenvalue weighted by molar-refractivity contribution is 0.0875. The molecule has 1 aromatic heterocycles. The lowest BCUT2D eigenvalue weighted by Gasteiger charge is -2.23. The second-order valence-electron chi connectivity index (χ2n) is 4.27. The lowest BCUT2D eigenvalue weighted by Crippen LogP contribution is -2.30. The number of rotatable bonds is 5. The minimum atomic E-state index is 0.361. The number of hydrogen-bond acceptors (Lipinski definition) is 5. The third-order valence-electron chi connectivity index (χ3n) is 2.70. The van der Waals surface area contributed by atoms with Crippen LogP contribution in [0.15, 0.2) is 12.4 Å². The first-order valence-electron chi connectivity index (χ1n) is 6.28. The highest BCUT2D eigenvalue weighted by Crippen LogP contribution is 2.13. The number of aromatic nitrogens is 2.